The van der Waals surface area contributed by atoms with Gasteiger partial charge >= 0.3 is 0 Å². The maximum atomic E-state index is 12.8. The number of hydrogen-bond acceptors (Lipinski definition) is 5. The lowest BCUT2D eigenvalue weighted by Crippen LogP contribution is -2.29. The minimum absolute atomic E-state index is 0. The van der Waals surface area contributed by atoms with Crippen molar-refractivity contribution in [2.75, 3.05) is 10.2 Å². The monoisotopic (exact) mass is 511 g/mol. The molecule has 3 aromatic carbocycles. The second-order valence-corrected chi connectivity index (χ2v) is 8.01. The molecule has 5 nitrogen and oxygen atoms in total. The number of amides is 2. The van der Waals surface area contributed by atoms with Gasteiger partial charge in [0.05, 0.1) is 22.5 Å². The Morgan fingerprint density at radius 2 is 1.55 bits per heavy atom. The number of nitrogens with one attached hydrogen (secondary N) is 1. The van der Waals surface area contributed by atoms with Gasteiger partial charge < -0.3 is 5.32 Å². The number of fused-ring (bicyclic) bond motifs is 1. The number of anilines is 3. The summed E-state index contributed by atoms with van der Waals surface area (Å²) in [7, 11) is 0. The molecular weight excluding hydrogens is 498 g/mol. The maximum Gasteiger partial charge on any atom is 0.266 e. The summed E-state index contributed by atoms with van der Waals surface area (Å²) in [6.45, 7) is 0. The molecule has 0 aliphatic carbocycles. The van der Waals surface area contributed by atoms with E-state index in [4.69, 9.17) is 11.6 Å². The number of nitrogens with zero attached hydrogens (tertiary/aromatic N) is 2. The molecule has 0 spiro atoms. The first kappa shape index (κ1) is 21.2. The molecule has 0 unspecified atom stereocenters. The molecule has 1 N–H and O–H groups in total. The number of halogens is 2. The van der Waals surface area contributed by atoms with Gasteiger partial charge in [0.15, 0.2) is 5.13 Å². The van der Waals surface area contributed by atoms with Crippen molar-refractivity contribution < 1.29 is 9.59 Å². The number of rotatable bonds is 4. The first-order valence-corrected chi connectivity index (χ1v) is 10.4. The Balaban J connectivity index is 0.00000231. The lowest BCUT2D eigenvalue weighted by Gasteiger charge is -2.14. The minimum Gasteiger partial charge on any atom is -0.332 e. The van der Waals surface area contributed by atoms with Crippen LogP contribution in [-0.2, 0) is 0 Å². The van der Waals surface area contributed by atoms with Crippen molar-refractivity contribution in [2.24, 2.45) is 0 Å². The SMILES string of the molecule is Br.O=C1c2ccccc2C(=O)N1c1cccc(-c2csc(Nc3ccc(Cl)cc3)n2)c1. The highest BCUT2D eigenvalue weighted by molar-refractivity contribution is 8.93. The molecule has 0 saturated heterocycles. The molecule has 31 heavy (non-hydrogen) atoms. The van der Waals surface area contributed by atoms with Crippen LogP contribution in [-0.4, -0.2) is 16.8 Å². The second kappa shape index (κ2) is 8.63. The van der Waals surface area contributed by atoms with Gasteiger partial charge in [0.25, 0.3) is 11.8 Å². The van der Waals surface area contributed by atoms with Crippen molar-refractivity contribution >= 4 is 68.2 Å². The zero-order chi connectivity index (χ0) is 20.7. The summed E-state index contributed by atoms with van der Waals surface area (Å²) >= 11 is 7.39. The van der Waals surface area contributed by atoms with Gasteiger partial charge in [-0.1, -0.05) is 35.9 Å². The van der Waals surface area contributed by atoms with Gasteiger partial charge in [0.2, 0.25) is 0 Å². The van der Waals surface area contributed by atoms with Crippen molar-refractivity contribution in [3.05, 3.63) is 94.3 Å². The van der Waals surface area contributed by atoms with Crippen molar-refractivity contribution in [1.82, 2.24) is 4.98 Å². The maximum absolute atomic E-state index is 12.8. The number of carbonyl (C=O) groups excluding carboxylic acids is 2. The van der Waals surface area contributed by atoms with Crippen LogP contribution in [0.2, 0.25) is 5.02 Å². The van der Waals surface area contributed by atoms with E-state index in [1.807, 2.05) is 47.8 Å². The Morgan fingerprint density at radius 1 is 0.871 bits per heavy atom. The Kier molecular flexibility index (Phi) is 5.91. The largest absolute Gasteiger partial charge is 0.332 e. The molecule has 2 heterocycles. The predicted molar refractivity (Wildman–Crippen MR) is 130 cm³/mol. The summed E-state index contributed by atoms with van der Waals surface area (Å²) in [6, 6.07) is 21.5. The van der Waals surface area contributed by atoms with Gasteiger partial charge in [0, 0.05) is 21.7 Å². The predicted octanol–water partition coefficient (Wildman–Crippen LogP) is 6.59. The first-order valence-electron chi connectivity index (χ1n) is 9.16. The standard InChI is InChI=1S/C23H14ClN3O2S.BrH/c24-15-8-10-16(11-9-15)25-23-26-20(13-30-23)14-4-3-5-17(12-14)27-21(28)18-6-1-2-7-19(18)22(27)29;/h1-13H,(H,25,26);1H. The van der Waals surface area contributed by atoms with Crippen molar-refractivity contribution in [2.45, 2.75) is 0 Å². The Bertz CT molecular complexity index is 1250. The number of benzene rings is 3. The topological polar surface area (TPSA) is 62.3 Å². The zero-order valence-electron chi connectivity index (χ0n) is 15.9. The van der Waals surface area contributed by atoms with Gasteiger partial charge in [-0.2, -0.15) is 0 Å². The fraction of sp³-hybridized carbons (Fsp3) is 0. The molecule has 1 aromatic heterocycles. The van der Waals surface area contributed by atoms with E-state index in [9.17, 15) is 9.59 Å². The third kappa shape index (κ3) is 3.99. The Labute approximate surface area is 198 Å². The van der Waals surface area contributed by atoms with Crippen LogP contribution >= 0.6 is 39.9 Å². The summed E-state index contributed by atoms with van der Waals surface area (Å²) in [5.74, 6) is -0.618. The zero-order valence-corrected chi connectivity index (χ0v) is 19.2. The van der Waals surface area contributed by atoms with E-state index in [1.54, 1.807) is 30.3 Å². The number of thiazole rings is 1. The lowest BCUT2D eigenvalue weighted by molar-refractivity contribution is 0.0926. The third-order valence-electron chi connectivity index (χ3n) is 4.79. The van der Waals surface area contributed by atoms with Gasteiger partial charge in [-0.3, -0.25) is 9.59 Å². The second-order valence-electron chi connectivity index (χ2n) is 6.71. The molecule has 1 aliphatic rings. The highest BCUT2D eigenvalue weighted by atomic mass is 79.9. The minimum atomic E-state index is -0.309. The molecule has 5 rings (SSSR count). The van der Waals surface area contributed by atoms with Crippen LogP contribution < -0.4 is 10.2 Å². The quantitative estimate of drug-likeness (QED) is 0.314. The first-order chi connectivity index (χ1) is 14.6. The number of carbonyl (C=O) groups is 2. The average molecular weight is 513 g/mol. The summed E-state index contributed by atoms with van der Waals surface area (Å²) in [5, 5.41) is 6.58. The molecule has 0 atom stereocenters. The summed E-state index contributed by atoms with van der Waals surface area (Å²) in [4.78, 5) is 31.4. The summed E-state index contributed by atoms with van der Waals surface area (Å²) in [6.07, 6.45) is 0. The molecular formula is C23H15BrClN3O2S. The van der Waals surface area contributed by atoms with Crippen LogP contribution in [0.5, 0.6) is 0 Å². The Morgan fingerprint density at radius 3 is 2.23 bits per heavy atom. The molecule has 8 heteroatoms. The van der Waals surface area contributed by atoms with Crippen LogP contribution in [0, 0.1) is 0 Å². The molecule has 4 aromatic rings. The fourth-order valence-corrected chi connectivity index (χ4v) is 4.21. The van der Waals surface area contributed by atoms with E-state index >= 15 is 0 Å². The normalized spacial score (nSPS) is 12.5. The molecule has 2 amide bonds. The summed E-state index contributed by atoms with van der Waals surface area (Å²) < 4.78 is 0. The van der Waals surface area contributed by atoms with Crippen molar-refractivity contribution in [1.29, 1.82) is 0 Å². The highest BCUT2D eigenvalue weighted by Crippen LogP contribution is 2.33. The summed E-state index contributed by atoms with van der Waals surface area (Å²) in [5.41, 5.74) is 3.85. The molecule has 0 saturated carbocycles. The van der Waals surface area contributed by atoms with Gasteiger partial charge in [0.1, 0.15) is 0 Å². The fourth-order valence-electron chi connectivity index (χ4n) is 3.35. The van der Waals surface area contributed by atoms with Crippen LogP contribution in [0.1, 0.15) is 20.7 Å². The average Bonchev–Trinajstić information content (AvgIpc) is 3.33. The van der Waals surface area contributed by atoms with E-state index in [0.717, 1.165) is 22.1 Å². The van der Waals surface area contributed by atoms with Crippen molar-refractivity contribution in [3.63, 3.8) is 0 Å². The van der Waals surface area contributed by atoms with E-state index < -0.39 is 0 Å². The van der Waals surface area contributed by atoms with Gasteiger partial charge in [-0.25, -0.2) is 9.88 Å². The molecule has 1 aliphatic heterocycles. The smallest absolute Gasteiger partial charge is 0.266 e. The Hall–Kier alpha value is -3.00. The van der Waals surface area contributed by atoms with Crippen LogP contribution in [0.4, 0.5) is 16.5 Å². The van der Waals surface area contributed by atoms with Gasteiger partial charge in [-0.05, 0) is 48.5 Å². The van der Waals surface area contributed by atoms with E-state index in [-0.39, 0.29) is 28.8 Å². The van der Waals surface area contributed by atoms with Crippen LogP contribution in [0.15, 0.2) is 78.2 Å². The third-order valence-corrected chi connectivity index (χ3v) is 5.80. The van der Waals surface area contributed by atoms with Crippen LogP contribution in [0.3, 0.4) is 0 Å². The number of imide groups is 1. The van der Waals surface area contributed by atoms with Crippen molar-refractivity contribution in [3.8, 4) is 11.3 Å². The number of hydrogen-bond donors (Lipinski definition) is 1. The molecule has 0 radical (unpaired) electrons. The molecule has 0 fully saturated rings. The molecule has 0 bridgehead atoms. The lowest BCUT2D eigenvalue weighted by atomic mass is 10.1. The number of aromatic nitrogens is 1. The van der Waals surface area contributed by atoms with E-state index in [1.165, 1.54) is 16.2 Å². The highest BCUT2D eigenvalue weighted by Gasteiger charge is 2.36. The van der Waals surface area contributed by atoms with E-state index in [0.29, 0.717) is 21.8 Å². The van der Waals surface area contributed by atoms with Gasteiger partial charge in [-0.15, -0.1) is 28.3 Å². The molecule has 154 valence electrons. The van der Waals surface area contributed by atoms with Crippen LogP contribution in [0.25, 0.3) is 11.3 Å². The van der Waals surface area contributed by atoms with E-state index in [2.05, 4.69) is 10.3 Å².